The van der Waals surface area contributed by atoms with Crippen LogP contribution >= 0.6 is 0 Å². The van der Waals surface area contributed by atoms with Crippen molar-refractivity contribution in [1.29, 1.82) is 0 Å². The Kier molecular flexibility index (Phi) is 22.1. The van der Waals surface area contributed by atoms with Crippen molar-refractivity contribution in [2.24, 2.45) is 0 Å². The first-order chi connectivity index (χ1) is 13.7. The zero-order valence-corrected chi connectivity index (χ0v) is 21.8. The lowest BCUT2D eigenvalue weighted by Crippen LogP contribution is -2.29. The van der Waals surface area contributed by atoms with E-state index in [4.69, 9.17) is 0 Å². The predicted octanol–water partition coefficient (Wildman–Crippen LogP) is 10.9. The number of hydrogen-bond acceptors (Lipinski definition) is 0. The highest BCUT2D eigenvalue weighted by Gasteiger charge is 2.25. The predicted molar refractivity (Wildman–Crippen MR) is 135 cm³/mol. The van der Waals surface area contributed by atoms with Crippen molar-refractivity contribution < 1.29 is 0 Å². The lowest BCUT2D eigenvalue weighted by molar-refractivity contribution is 0.591. The zero-order valence-electron chi connectivity index (χ0n) is 20.8. The molecule has 0 aromatic rings. The normalized spacial score (nSPS) is 12.0. The van der Waals surface area contributed by atoms with E-state index in [0.29, 0.717) is 0 Å². The van der Waals surface area contributed by atoms with Gasteiger partial charge in [-0.1, -0.05) is 174 Å². The van der Waals surface area contributed by atoms with Gasteiger partial charge in [-0.25, -0.2) is 0 Å². The molecule has 0 aliphatic carbocycles. The van der Waals surface area contributed by atoms with Gasteiger partial charge >= 0.3 is 0 Å². The van der Waals surface area contributed by atoms with E-state index < -0.39 is 8.07 Å². The summed E-state index contributed by atoms with van der Waals surface area (Å²) in [6.45, 7) is 9.74. The third-order valence-corrected chi connectivity index (χ3v) is 11.6. The summed E-state index contributed by atoms with van der Waals surface area (Å²) in [6.07, 6.45) is 29.5. The van der Waals surface area contributed by atoms with Crippen molar-refractivity contribution in [2.75, 3.05) is 0 Å². The highest BCUT2D eigenvalue weighted by molar-refractivity contribution is 6.78. The Bertz CT molecular complexity index is 268. The van der Waals surface area contributed by atoms with Crippen LogP contribution in [-0.4, -0.2) is 8.07 Å². The van der Waals surface area contributed by atoms with E-state index in [1.807, 2.05) is 0 Å². The number of hydrogen-bond donors (Lipinski definition) is 0. The summed E-state index contributed by atoms with van der Waals surface area (Å²) < 4.78 is 0. The average Bonchev–Trinajstić information content (AvgIpc) is 2.69. The first-order valence-electron chi connectivity index (χ1n) is 13.7. The Morgan fingerprint density at radius 2 is 0.536 bits per heavy atom. The van der Waals surface area contributed by atoms with E-state index >= 15 is 0 Å². The van der Waals surface area contributed by atoms with E-state index in [-0.39, 0.29) is 0 Å². The minimum absolute atomic E-state index is 0.969. The molecule has 0 bridgehead atoms. The van der Waals surface area contributed by atoms with Crippen LogP contribution in [0.25, 0.3) is 0 Å². The molecule has 0 N–H and O–H groups in total. The van der Waals surface area contributed by atoms with Crippen LogP contribution in [0.2, 0.25) is 24.7 Å². The van der Waals surface area contributed by atoms with Gasteiger partial charge in [0.25, 0.3) is 0 Å². The molecule has 0 saturated heterocycles. The topological polar surface area (TPSA) is 0 Å². The summed E-state index contributed by atoms with van der Waals surface area (Å²) in [6, 6.07) is 4.89. The fraction of sp³-hybridized carbons (Fsp3) is 1.00. The first kappa shape index (κ1) is 28.2. The van der Waals surface area contributed by atoms with Crippen molar-refractivity contribution >= 4 is 8.07 Å². The van der Waals surface area contributed by atoms with Crippen LogP contribution in [0, 0.1) is 0 Å². The van der Waals surface area contributed by atoms with Crippen LogP contribution in [-0.2, 0) is 0 Å². The Hall–Kier alpha value is 0.217. The quantitative estimate of drug-likeness (QED) is 0.116. The molecule has 0 radical (unpaired) electrons. The van der Waals surface area contributed by atoms with E-state index in [2.05, 4.69) is 27.3 Å². The van der Waals surface area contributed by atoms with Crippen molar-refractivity contribution in [3.8, 4) is 0 Å². The molecule has 0 aliphatic rings. The fourth-order valence-electron chi connectivity index (χ4n) is 4.72. The minimum atomic E-state index is -0.969. The fourth-order valence-corrected chi connectivity index (χ4v) is 8.79. The molecular formula is C27H58Si. The molecule has 28 heavy (non-hydrogen) atoms. The molecular weight excluding hydrogens is 352 g/mol. The molecule has 0 rings (SSSR count). The van der Waals surface area contributed by atoms with Crippen molar-refractivity contribution in [3.05, 3.63) is 0 Å². The van der Waals surface area contributed by atoms with Gasteiger partial charge in [-0.2, -0.15) is 0 Å². The molecule has 0 aromatic heterocycles. The smallest absolute Gasteiger partial charge is 0.0504 e. The second-order valence-electron chi connectivity index (χ2n) is 10.1. The van der Waals surface area contributed by atoms with Gasteiger partial charge in [-0.05, 0) is 0 Å². The van der Waals surface area contributed by atoms with Gasteiger partial charge in [0, 0.05) is 0 Å². The second-order valence-corrected chi connectivity index (χ2v) is 15.2. The lowest BCUT2D eigenvalue weighted by atomic mass is 10.1. The molecule has 0 nitrogen and oxygen atoms in total. The summed E-state index contributed by atoms with van der Waals surface area (Å²) in [7, 11) is -0.969. The SMILES string of the molecule is CCCCCCCCC[Si](C)(CCCCCCCC)CCCCCCCCC. The van der Waals surface area contributed by atoms with E-state index in [1.54, 1.807) is 37.4 Å². The van der Waals surface area contributed by atoms with Gasteiger partial charge in [0.05, 0.1) is 8.07 Å². The van der Waals surface area contributed by atoms with Gasteiger partial charge in [-0.15, -0.1) is 0 Å². The van der Waals surface area contributed by atoms with Crippen LogP contribution in [0.1, 0.15) is 149 Å². The van der Waals surface area contributed by atoms with E-state index in [0.717, 1.165) is 0 Å². The number of unbranched alkanes of at least 4 members (excludes halogenated alkanes) is 17. The third-order valence-electron chi connectivity index (χ3n) is 6.90. The third kappa shape index (κ3) is 19.5. The molecule has 0 heterocycles. The van der Waals surface area contributed by atoms with Crippen LogP contribution in [0.3, 0.4) is 0 Å². The molecule has 0 spiro atoms. The summed E-state index contributed by atoms with van der Waals surface area (Å²) in [4.78, 5) is 0. The average molecular weight is 411 g/mol. The summed E-state index contributed by atoms with van der Waals surface area (Å²) >= 11 is 0. The lowest BCUT2D eigenvalue weighted by Gasteiger charge is -2.28. The Morgan fingerprint density at radius 3 is 0.786 bits per heavy atom. The molecule has 0 unspecified atom stereocenters. The van der Waals surface area contributed by atoms with Crippen LogP contribution in [0.4, 0.5) is 0 Å². The molecule has 0 aromatic carbocycles. The highest BCUT2D eigenvalue weighted by atomic mass is 28.3. The zero-order chi connectivity index (χ0) is 20.8. The highest BCUT2D eigenvalue weighted by Crippen LogP contribution is 2.29. The van der Waals surface area contributed by atoms with Crippen molar-refractivity contribution in [2.45, 2.75) is 174 Å². The van der Waals surface area contributed by atoms with E-state index in [1.165, 1.54) is 109 Å². The van der Waals surface area contributed by atoms with Crippen LogP contribution < -0.4 is 0 Å². The maximum absolute atomic E-state index is 2.77. The van der Waals surface area contributed by atoms with Crippen molar-refractivity contribution in [3.63, 3.8) is 0 Å². The molecule has 0 amide bonds. The van der Waals surface area contributed by atoms with Crippen LogP contribution in [0.15, 0.2) is 0 Å². The molecule has 0 saturated carbocycles. The molecule has 0 fully saturated rings. The van der Waals surface area contributed by atoms with Gasteiger partial charge in [-0.3, -0.25) is 0 Å². The maximum atomic E-state index is 2.77. The minimum Gasteiger partial charge on any atom is -0.0691 e. The van der Waals surface area contributed by atoms with Gasteiger partial charge < -0.3 is 0 Å². The largest absolute Gasteiger partial charge is 0.0691 e. The number of rotatable bonds is 23. The monoisotopic (exact) mass is 410 g/mol. The first-order valence-corrected chi connectivity index (χ1v) is 16.8. The molecule has 170 valence electrons. The van der Waals surface area contributed by atoms with Gasteiger partial charge in [0.1, 0.15) is 0 Å². The van der Waals surface area contributed by atoms with Crippen molar-refractivity contribution in [1.82, 2.24) is 0 Å². The Labute approximate surface area is 182 Å². The van der Waals surface area contributed by atoms with Crippen LogP contribution in [0.5, 0.6) is 0 Å². The Balaban J connectivity index is 4.02. The Morgan fingerprint density at radius 1 is 0.321 bits per heavy atom. The van der Waals surface area contributed by atoms with Gasteiger partial charge in [0.15, 0.2) is 0 Å². The second kappa shape index (κ2) is 21.9. The summed E-state index contributed by atoms with van der Waals surface area (Å²) in [5.74, 6) is 0. The molecule has 1 heteroatoms. The maximum Gasteiger partial charge on any atom is 0.0504 e. The standard InChI is InChI=1S/C27H58Si/c1-5-8-11-14-17-20-23-26-28(4,25-22-19-16-13-10-7-3)27-24-21-18-15-12-9-6-2/h5-27H2,1-4H3. The molecule has 0 atom stereocenters. The summed E-state index contributed by atoms with van der Waals surface area (Å²) in [5.41, 5.74) is 0. The summed E-state index contributed by atoms with van der Waals surface area (Å²) in [5, 5.41) is 0. The van der Waals surface area contributed by atoms with E-state index in [9.17, 15) is 0 Å². The molecule has 0 aliphatic heterocycles. The van der Waals surface area contributed by atoms with Gasteiger partial charge in [0.2, 0.25) is 0 Å².